The summed E-state index contributed by atoms with van der Waals surface area (Å²) in [6.07, 6.45) is 3.10. The maximum absolute atomic E-state index is 5.72. The second kappa shape index (κ2) is 7.81. The van der Waals surface area contributed by atoms with Gasteiger partial charge in [0, 0.05) is 26.3 Å². The van der Waals surface area contributed by atoms with E-state index in [-0.39, 0.29) is 0 Å². The predicted octanol–water partition coefficient (Wildman–Crippen LogP) is 1.40. The first kappa shape index (κ1) is 13.7. The molecule has 0 bridgehead atoms. The second-order valence-electron chi connectivity index (χ2n) is 4.10. The van der Waals surface area contributed by atoms with Gasteiger partial charge in [-0.05, 0) is 25.8 Å². The minimum absolute atomic E-state index is 0.564. The van der Waals surface area contributed by atoms with E-state index in [0.717, 1.165) is 39.3 Å². The lowest BCUT2D eigenvalue weighted by Crippen LogP contribution is -2.31. The lowest BCUT2D eigenvalue weighted by atomic mass is 10.3. The SMILES string of the molecule is CCO[SiH](OCC)C(C)CCN1C=NCC1. The van der Waals surface area contributed by atoms with Crippen molar-refractivity contribution in [1.82, 2.24) is 4.90 Å². The molecule has 0 aromatic carbocycles. The van der Waals surface area contributed by atoms with Crippen LogP contribution in [-0.2, 0) is 8.85 Å². The molecule has 0 spiro atoms. The molecule has 0 aromatic rings. The molecule has 1 aliphatic heterocycles. The Morgan fingerprint density at radius 3 is 2.56 bits per heavy atom. The Hall–Kier alpha value is -0.393. The summed E-state index contributed by atoms with van der Waals surface area (Å²) in [7, 11) is -1.46. The van der Waals surface area contributed by atoms with Gasteiger partial charge in [-0.15, -0.1) is 0 Å². The first-order valence-electron chi connectivity index (χ1n) is 6.25. The number of hydrogen-bond acceptors (Lipinski definition) is 4. The van der Waals surface area contributed by atoms with E-state index < -0.39 is 9.28 Å². The lowest BCUT2D eigenvalue weighted by molar-refractivity contribution is 0.202. The highest BCUT2D eigenvalue weighted by Crippen LogP contribution is 2.17. The molecule has 16 heavy (non-hydrogen) atoms. The zero-order chi connectivity index (χ0) is 11.8. The van der Waals surface area contributed by atoms with Gasteiger partial charge < -0.3 is 13.8 Å². The monoisotopic (exact) mass is 244 g/mol. The Balaban J connectivity index is 2.23. The van der Waals surface area contributed by atoms with Crippen LogP contribution >= 0.6 is 0 Å². The Morgan fingerprint density at radius 2 is 2.06 bits per heavy atom. The molecule has 0 aromatic heterocycles. The van der Waals surface area contributed by atoms with Crippen molar-refractivity contribution in [3.05, 3.63) is 0 Å². The average molecular weight is 244 g/mol. The number of nitrogens with zero attached hydrogens (tertiary/aromatic N) is 2. The molecular weight excluding hydrogens is 220 g/mol. The summed E-state index contributed by atoms with van der Waals surface area (Å²) in [4.78, 5) is 6.49. The molecule has 1 atom stereocenters. The van der Waals surface area contributed by atoms with E-state index in [9.17, 15) is 0 Å². The third-order valence-corrected chi connectivity index (χ3v) is 5.35. The minimum Gasteiger partial charge on any atom is -0.397 e. The van der Waals surface area contributed by atoms with Crippen molar-refractivity contribution in [1.29, 1.82) is 0 Å². The van der Waals surface area contributed by atoms with Crippen LogP contribution in [0.4, 0.5) is 0 Å². The predicted molar refractivity (Wildman–Crippen MR) is 69.4 cm³/mol. The zero-order valence-corrected chi connectivity index (χ0v) is 11.8. The Labute approximate surface area is 100 Å². The summed E-state index contributed by atoms with van der Waals surface area (Å²) in [6, 6.07) is 0. The van der Waals surface area contributed by atoms with Gasteiger partial charge in [-0.1, -0.05) is 6.92 Å². The van der Waals surface area contributed by atoms with Gasteiger partial charge in [-0.3, -0.25) is 4.99 Å². The van der Waals surface area contributed by atoms with Gasteiger partial charge >= 0.3 is 9.28 Å². The summed E-state index contributed by atoms with van der Waals surface area (Å²) >= 11 is 0. The highest BCUT2D eigenvalue weighted by atomic mass is 28.3. The van der Waals surface area contributed by atoms with Crippen molar-refractivity contribution in [3.8, 4) is 0 Å². The van der Waals surface area contributed by atoms with Crippen molar-refractivity contribution < 1.29 is 8.85 Å². The summed E-state index contributed by atoms with van der Waals surface area (Å²) < 4.78 is 11.4. The summed E-state index contributed by atoms with van der Waals surface area (Å²) in [6.45, 7) is 11.0. The third-order valence-electron chi connectivity index (χ3n) is 2.76. The molecule has 1 rings (SSSR count). The van der Waals surface area contributed by atoms with Gasteiger partial charge in [-0.2, -0.15) is 0 Å². The summed E-state index contributed by atoms with van der Waals surface area (Å²) in [5.41, 5.74) is 0.564. The molecule has 94 valence electrons. The molecule has 0 saturated heterocycles. The lowest BCUT2D eigenvalue weighted by Gasteiger charge is -2.23. The maximum atomic E-state index is 5.72. The Morgan fingerprint density at radius 1 is 1.38 bits per heavy atom. The van der Waals surface area contributed by atoms with Gasteiger partial charge in [0.1, 0.15) is 0 Å². The topological polar surface area (TPSA) is 34.1 Å². The molecule has 0 radical (unpaired) electrons. The summed E-state index contributed by atoms with van der Waals surface area (Å²) in [5, 5.41) is 0. The van der Waals surface area contributed by atoms with Crippen LogP contribution in [-0.4, -0.2) is 53.4 Å². The standard InChI is InChI=1S/C11H24N2O2Si/c1-4-14-16(15-5-2)11(3)6-8-13-9-7-12-10-13/h10-11,16H,4-9H2,1-3H3. The minimum atomic E-state index is -1.46. The van der Waals surface area contributed by atoms with E-state index >= 15 is 0 Å². The van der Waals surface area contributed by atoms with Gasteiger partial charge in [0.25, 0.3) is 0 Å². The third kappa shape index (κ3) is 4.63. The van der Waals surface area contributed by atoms with Crippen LogP contribution in [0.15, 0.2) is 4.99 Å². The van der Waals surface area contributed by atoms with Crippen LogP contribution in [0.2, 0.25) is 5.54 Å². The average Bonchev–Trinajstić information content (AvgIpc) is 2.78. The van der Waals surface area contributed by atoms with E-state index in [4.69, 9.17) is 8.85 Å². The van der Waals surface area contributed by atoms with Gasteiger partial charge in [-0.25, -0.2) is 0 Å². The molecule has 0 N–H and O–H groups in total. The van der Waals surface area contributed by atoms with Crippen molar-refractivity contribution in [3.63, 3.8) is 0 Å². The van der Waals surface area contributed by atoms with E-state index in [1.807, 2.05) is 20.2 Å². The van der Waals surface area contributed by atoms with E-state index in [1.54, 1.807) is 0 Å². The van der Waals surface area contributed by atoms with Crippen LogP contribution in [0.25, 0.3) is 0 Å². The largest absolute Gasteiger partial charge is 0.397 e. The number of hydrogen-bond donors (Lipinski definition) is 0. The van der Waals surface area contributed by atoms with Crippen molar-refractivity contribution in [2.45, 2.75) is 32.7 Å². The van der Waals surface area contributed by atoms with Gasteiger partial charge in [0.05, 0.1) is 12.9 Å². The van der Waals surface area contributed by atoms with Crippen molar-refractivity contribution in [2.24, 2.45) is 4.99 Å². The van der Waals surface area contributed by atoms with Crippen LogP contribution < -0.4 is 0 Å². The van der Waals surface area contributed by atoms with Crippen LogP contribution in [0.3, 0.4) is 0 Å². The molecule has 1 unspecified atom stereocenters. The fourth-order valence-electron chi connectivity index (χ4n) is 1.80. The number of rotatable bonds is 8. The first-order valence-corrected chi connectivity index (χ1v) is 7.86. The van der Waals surface area contributed by atoms with Crippen LogP contribution in [0.5, 0.6) is 0 Å². The Kier molecular flexibility index (Phi) is 6.67. The van der Waals surface area contributed by atoms with E-state index in [2.05, 4.69) is 16.8 Å². The fraction of sp³-hybridized carbons (Fsp3) is 0.909. The van der Waals surface area contributed by atoms with Gasteiger partial charge in [0.15, 0.2) is 0 Å². The Bertz CT molecular complexity index is 208. The quantitative estimate of drug-likeness (QED) is 0.605. The zero-order valence-electron chi connectivity index (χ0n) is 10.7. The molecule has 0 fully saturated rings. The van der Waals surface area contributed by atoms with E-state index in [0.29, 0.717) is 5.54 Å². The van der Waals surface area contributed by atoms with Gasteiger partial charge in [0.2, 0.25) is 0 Å². The number of aliphatic imine (C=N–C) groups is 1. The molecule has 1 aliphatic rings. The highest BCUT2D eigenvalue weighted by Gasteiger charge is 2.22. The normalized spacial score (nSPS) is 17.4. The second-order valence-corrected chi connectivity index (χ2v) is 6.64. The molecule has 0 saturated carbocycles. The van der Waals surface area contributed by atoms with Crippen LogP contribution in [0.1, 0.15) is 27.2 Å². The highest BCUT2D eigenvalue weighted by molar-refractivity contribution is 6.46. The first-order chi connectivity index (χ1) is 7.77. The molecule has 4 nitrogen and oxygen atoms in total. The van der Waals surface area contributed by atoms with Crippen molar-refractivity contribution in [2.75, 3.05) is 32.8 Å². The molecule has 1 heterocycles. The van der Waals surface area contributed by atoms with Crippen molar-refractivity contribution >= 4 is 15.6 Å². The summed E-state index contributed by atoms with van der Waals surface area (Å²) in [5.74, 6) is 0. The maximum Gasteiger partial charge on any atom is 0.324 e. The molecular formula is C11H24N2O2Si. The van der Waals surface area contributed by atoms with E-state index in [1.165, 1.54) is 0 Å². The fourth-order valence-corrected chi connectivity index (χ4v) is 3.63. The molecule has 0 amide bonds. The molecule has 5 heteroatoms. The smallest absolute Gasteiger partial charge is 0.324 e. The van der Waals surface area contributed by atoms with Crippen LogP contribution in [0, 0.1) is 0 Å². The molecule has 0 aliphatic carbocycles.